The van der Waals surface area contributed by atoms with Gasteiger partial charge in [0.15, 0.2) is 0 Å². The lowest BCUT2D eigenvalue weighted by Crippen LogP contribution is -2.35. The number of nitrogens with one attached hydrogen (secondary N) is 3. The van der Waals surface area contributed by atoms with Gasteiger partial charge in [0, 0.05) is 24.4 Å². The quantitative estimate of drug-likeness (QED) is 0.360. The van der Waals surface area contributed by atoms with Crippen LogP contribution in [0, 0.1) is 5.92 Å². The standard InChI is InChI=1S/C23H27F2N5O4S/c1-35(32,33)10-4-9-26-23(31)14-7-8-16-15(11-14)20-21(29-16)27-13-28-22(20)30-17-5-2-3-6-18(17)34-12-19(24)25/h2-3,5-6,13-14,19H,4,7-12H2,1H3,(H,26,31)(H2,27,28,29,30). The number of para-hydroxylation sites is 2. The number of anilines is 2. The number of aryl methyl sites for hydroxylation is 1. The first-order chi connectivity index (χ1) is 16.7. The second-order valence-corrected chi connectivity index (χ2v) is 10.8. The number of benzene rings is 1. The first-order valence-corrected chi connectivity index (χ1v) is 13.3. The molecule has 0 bridgehead atoms. The van der Waals surface area contributed by atoms with Crippen LogP contribution in [0.4, 0.5) is 20.3 Å². The van der Waals surface area contributed by atoms with Crippen LogP contribution in [0.2, 0.25) is 0 Å². The molecule has 1 amide bonds. The van der Waals surface area contributed by atoms with E-state index in [0.29, 0.717) is 49.4 Å². The van der Waals surface area contributed by atoms with Crippen molar-refractivity contribution in [1.29, 1.82) is 0 Å². The number of halogens is 2. The van der Waals surface area contributed by atoms with Gasteiger partial charge in [0.25, 0.3) is 6.43 Å². The van der Waals surface area contributed by atoms with Crippen LogP contribution in [0.5, 0.6) is 5.75 Å². The molecule has 1 atom stereocenters. The summed E-state index contributed by atoms with van der Waals surface area (Å²) in [5, 5.41) is 6.76. The number of ether oxygens (including phenoxy) is 1. The number of sulfone groups is 1. The normalized spacial score (nSPS) is 15.7. The van der Waals surface area contributed by atoms with Crippen molar-refractivity contribution >= 4 is 38.3 Å². The Kier molecular flexibility index (Phi) is 7.48. The Morgan fingerprint density at radius 1 is 1.29 bits per heavy atom. The number of H-pyrrole nitrogens is 1. The fourth-order valence-electron chi connectivity index (χ4n) is 4.23. The van der Waals surface area contributed by atoms with Crippen molar-refractivity contribution in [2.75, 3.05) is 30.5 Å². The Labute approximate surface area is 201 Å². The number of hydrogen-bond acceptors (Lipinski definition) is 7. The Hall–Kier alpha value is -3.28. The Morgan fingerprint density at radius 3 is 2.86 bits per heavy atom. The smallest absolute Gasteiger partial charge is 0.272 e. The Bertz CT molecular complexity index is 1310. The number of alkyl halides is 2. The summed E-state index contributed by atoms with van der Waals surface area (Å²) in [6.45, 7) is -0.424. The zero-order chi connectivity index (χ0) is 25.0. The van der Waals surface area contributed by atoms with Crippen molar-refractivity contribution in [2.24, 2.45) is 5.92 Å². The highest BCUT2D eigenvalue weighted by molar-refractivity contribution is 7.90. The maximum Gasteiger partial charge on any atom is 0.272 e. The van der Waals surface area contributed by atoms with Crippen LogP contribution in [-0.2, 0) is 27.5 Å². The molecule has 3 N–H and O–H groups in total. The van der Waals surface area contributed by atoms with E-state index in [9.17, 15) is 22.0 Å². The number of hydrogen-bond donors (Lipinski definition) is 3. The third-order valence-corrected chi connectivity index (χ3v) is 6.87. The molecule has 0 aliphatic heterocycles. The zero-order valence-electron chi connectivity index (χ0n) is 19.2. The van der Waals surface area contributed by atoms with Gasteiger partial charge in [-0.1, -0.05) is 12.1 Å². The topological polar surface area (TPSA) is 126 Å². The monoisotopic (exact) mass is 507 g/mol. The van der Waals surface area contributed by atoms with E-state index in [1.165, 1.54) is 12.6 Å². The molecule has 3 aromatic rings. The molecule has 0 saturated heterocycles. The van der Waals surface area contributed by atoms with Crippen molar-refractivity contribution in [3.05, 3.63) is 41.9 Å². The van der Waals surface area contributed by atoms with E-state index in [1.807, 2.05) is 0 Å². The first-order valence-electron chi connectivity index (χ1n) is 11.3. The third-order valence-electron chi connectivity index (χ3n) is 5.84. The fraction of sp³-hybridized carbons (Fsp3) is 0.435. The van der Waals surface area contributed by atoms with Gasteiger partial charge >= 0.3 is 0 Å². The third kappa shape index (κ3) is 6.24. The highest BCUT2D eigenvalue weighted by atomic mass is 32.2. The molecule has 1 aromatic carbocycles. The molecule has 1 unspecified atom stereocenters. The van der Waals surface area contributed by atoms with E-state index in [1.54, 1.807) is 24.3 Å². The summed E-state index contributed by atoms with van der Waals surface area (Å²) in [5.74, 6) is 0.398. The zero-order valence-corrected chi connectivity index (χ0v) is 20.0. The van der Waals surface area contributed by atoms with Gasteiger partial charge in [-0.25, -0.2) is 27.2 Å². The molecule has 188 valence electrons. The number of nitrogens with zero attached hydrogens (tertiary/aromatic N) is 2. The van der Waals surface area contributed by atoms with Gasteiger partial charge in [-0.2, -0.15) is 0 Å². The molecule has 0 saturated carbocycles. The highest BCUT2D eigenvalue weighted by Crippen LogP contribution is 2.36. The van der Waals surface area contributed by atoms with E-state index < -0.39 is 22.9 Å². The van der Waals surface area contributed by atoms with Gasteiger partial charge < -0.3 is 20.4 Å². The predicted octanol–water partition coefficient (Wildman–Crippen LogP) is 3.00. The van der Waals surface area contributed by atoms with Crippen molar-refractivity contribution in [3.8, 4) is 5.75 Å². The van der Waals surface area contributed by atoms with E-state index in [-0.39, 0.29) is 23.3 Å². The second kappa shape index (κ2) is 10.5. The summed E-state index contributed by atoms with van der Waals surface area (Å²) in [6.07, 6.45) is 2.12. The lowest BCUT2D eigenvalue weighted by Gasteiger charge is -2.22. The van der Waals surface area contributed by atoms with Crippen LogP contribution in [0.1, 0.15) is 24.1 Å². The summed E-state index contributed by atoms with van der Waals surface area (Å²) in [6, 6.07) is 6.76. The minimum atomic E-state index is -3.07. The van der Waals surface area contributed by atoms with Crippen molar-refractivity contribution in [2.45, 2.75) is 32.1 Å². The molecule has 9 nitrogen and oxygen atoms in total. The fourth-order valence-corrected chi connectivity index (χ4v) is 4.89. The molecule has 0 radical (unpaired) electrons. The largest absolute Gasteiger partial charge is 0.485 e. The minimum Gasteiger partial charge on any atom is -0.485 e. The van der Waals surface area contributed by atoms with Crippen molar-refractivity contribution in [3.63, 3.8) is 0 Å². The molecular formula is C23H27F2N5O4S. The molecular weight excluding hydrogens is 480 g/mol. The van der Waals surface area contributed by atoms with Gasteiger partial charge in [-0.15, -0.1) is 0 Å². The maximum absolute atomic E-state index is 12.7. The number of carbonyl (C=O) groups is 1. The average Bonchev–Trinajstić information content (AvgIpc) is 3.19. The van der Waals surface area contributed by atoms with Crippen LogP contribution >= 0.6 is 0 Å². The summed E-state index contributed by atoms with van der Waals surface area (Å²) in [7, 11) is -3.07. The highest BCUT2D eigenvalue weighted by Gasteiger charge is 2.29. The summed E-state index contributed by atoms with van der Waals surface area (Å²) < 4.78 is 53.1. The van der Waals surface area contributed by atoms with E-state index >= 15 is 0 Å². The summed E-state index contributed by atoms with van der Waals surface area (Å²) in [4.78, 5) is 24.7. The number of aromatic nitrogens is 3. The lowest BCUT2D eigenvalue weighted by atomic mass is 9.86. The first kappa shape index (κ1) is 24.8. The molecule has 1 aliphatic rings. The second-order valence-electron chi connectivity index (χ2n) is 8.57. The number of aromatic amines is 1. The maximum atomic E-state index is 12.7. The van der Waals surface area contributed by atoms with E-state index in [0.717, 1.165) is 16.6 Å². The van der Waals surface area contributed by atoms with Gasteiger partial charge in [0.2, 0.25) is 5.91 Å². The van der Waals surface area contributed by atoms with Crippen molar-refractivity contribution in [1.82, 2.24) is 20.3 Å². The number of carbonyl (C=O) groups excluding carboxylic acids is 1. The number of amides is 1. The van der Waals surface area contributed by atoms with Gasteiger partial charge in [-0.05, 0) is 43.4 Å². The van der Waals surface area contributed by atoms with Crippen molar-refractivity contribution < 1.29 is 26.7 Å². The number of rotatable bonds is 10. The van der Waals surface area contributed by atoms with Crippen LogP contribution < -0.4 is 15.4 Å². The lowest BCUT2D eigenvalue weighted by molar-refractivity contribution is -0.125. The molecule has 35 heavy (non-hydrogen) atoms. The summed E-state index contributed by atoms with van der Waals surface area (Å²) in [5.41, 5.74) is 3.01. The Morgan fingerprint density at radius 2 is 2.09 bits per heavy atom. The predicted molar refractivity (Wildman–Crippen MR) is 128 cm³/mol. The number of fused-ring (bicyclic) bond motifs is 3. The van der Waals surface area contributed by atoms with E-state index in [2.05, 4.69) is 25.6 Å². The molecule has 2 aromatic heterocycles. The van der Waals surface area contributed by atoms with Gasteiger partial charge in [0.05, 0.1) is 16.8 Å². The molecule has 0 spiro atoms. The molecule has 2 heterocycles. The van der Waals surface area contributed by atoms with E-state index in [4.69, 9.17) is 4.74 Å². The van der Waals surface area contributed by atoms with Gasteiger partial charge in [-0.3, -0.25) is 4.79 Å². The SMILES string of the molecule is CS(=O)(=O)CCCNC(=O)C1CCc2[nH]c3ncnc(Nc4ccccc4OCC(F)F)c3c2C1. The Balaban J connectivity index is 1.53. The van der Waals surface area contributed by atoms with Crippen LogP contribution in [0.25, 0.3) is 11.0 Å². The molecule has 12 heteroatoms. The van der Waals surface area contributed by atoms with Crippen LogP contribution in [0.3, 0.4) is 0 Å². The summed E-state index contributed by atoms with van der Waals surface area (Å²) >= 11 is 0. The molecule has 0 fully saturated rings. The van der Waals surface area contributed by atoms with Gasteiger partial charge in [0.1, 0.15) is 40.0 Å². The molecule has 4 rings (SSSR count). The minimum absolute atomic E-state index is 0.0272. The molecule has 1 aliphatic carbocycles. The average molecular weight is 508 g/mol. The van der Waals surface area contributed by atoms with Crippen LogP contribution in [-0.4, -0.2) is 60.9 Å². The van der Waals surface area contributed by atoms with Crippen LogP contribution in [0.15, 0.2) is 30.6 Å².